The van der Waals surface area contributed by atoms with Crippen LogP contribution in [0.4, 0.5) is 11.4 Å². The number of benzene rings is 3. The van der Waals surface area contributed by atoms with Crippen LogP contribution >= 0.6 is 0 Å². The second-order valence-electron chi connectivity index (χ2n) is 9.34. The van der Waals surface area contributed by atoms with Crippen molar-refractivity contribution >= 4 is 22.3 Å². The Bertz CT molecular complexity index is 1360. The summed E-state index contributed by atoms with van der Waals surface area (Å²) in [7, 11) is 0. The standard InChI is InChI=1S/C32H34N4/c1-2-8-25(9-3-1)11-7-20-33-24-30-22-29(19-21-34-30)36-28-17-15-26(16-18-28)10-6-12-27-23-35-32-14-5-4-13-31(27)32/h1-5,8-9,13-19,21-23,33,35H,6-7,10-12,20,24H2,(H,34,36). The van der Waals surface area contributed by atoms with Gasteiger partial charge in [0.2, 0.25) is 0 Å². The zero-order chi connectivity index (χ0) is 24.4. The van der Waals surface area contributed by atoms with Gasteiger partial charge in [-0.05, 0) is 85.7 Å². The lowest BCUT2D eigenvalue weighted by Gasteiger charge is -2.10. The van der Waals surface area contributed by atoms with E-state index in [2.05, 4.69) is 112 Å². The molecule has 0 atom stereocenters. The molecule has 0 fully saturated rings. The molecule has 3 aromatic carbocycles. The van der Waals surface area contributed by atoms with Gasteiger partial charge in [0.1, 0.15) is 0 Å². The Morgan fingerprint density at radius 1 is 0.694 bits per heavy atom. The van der Waals surface area contributed by atoms with Crippen molar-refractivity contribution in [3.05, 3.63) is 126 Å². The normalized spacial score (nSPS) is 11.1. The van der Waals surface area contributed by atoms with Gasteiger partial charge in [-0.25, -0.2) is 0 Å². The summed E-state index contributed by atoms with van der Waals surface area (Å²) in [5, 5.41) is 8.38. The maximum absolute atomic E-state index is 4.52. The third-order valence-electron chi connectivity index (χ3n) is 6.61. The van der Waals surface area contributed by atoms with E-state index in [0.29, 0.717) is 0 Å². The number of rotatable bonds is 12. The summed E-state index contributed by atoms with van der Waals surface area (Å²) in [5.74, 6) is 0. The number of aryl methyl sites for hydroxylation is 3. The summed E-state index contributed by atoms with van der Waals surface area (Å²) in [6.07, 6.45) is 9.56. The number of nitrogens with one attached hydrogen (secondary N) is 3. The SMILES string of the molecule is c1ccc(CCCNCc2cc(Nc3ccc(CCCc4c[nH]c5ccccc45)cc3)ccn2)cc1. The molecule has 182 valence electrons. The number of hydrogen-bond acceptors (Lipinski definition) is 3. The third kappa shape index (κ3) is 6.61. The van der Waals surface area contributed by atoms with Crippen LogP contribution in [0.15, 0.2) is 103 Å². The quantitative estimate of drug-likeness (QED) is 0.168. The number of H-pyrrole nitrogens is 1. The van der Waals surface area contributed by atoms with E-state index >= 15 is 0 Å². The van der Waals surface area contributed by atoms with E-state index in [0.717, 1.165) is 62.3 Å². The highest BCUT2D eigenvalue weighted by Gasteiger charge is 2.04. The van der Waals surface area contributed by atoms with E-state index in [9.17, 15) is 0 Å². The molecule has 5 rings (SSSR count). The average Bonchev–Trinajstić information content (AvgIpc) is 3.33. The predicted octanol–water partition coefficient (Wildman–Crippen LogP) is 7.20. The molecule has 4 nitrogen and oxygen atoms in total. The summed E-state index contributed by atoms with van der Waals surface area (Å²) in [4.78, 5) is 7.90. The van der Waals surface area contributed by atoms with Gasteiger partial charge in [-0.1, -0.05) is 60.7 Å². The minimum absolute atomic E-state index is 0.777. The molecule has 0 unspecified atom stereocenters. The molecule has 0 aliphatic heterocycles. The monoisotopic (exact) mass is 474 g/mol. The number of fused-ring (bicyclic) bond motifs is 1. The molecule has 0 radical (unpaired) electrons. The Labute approximate surface area is 213 Å². The summed E-state index contributed by atoms with van der Waals surface area (Å²) in [5.41, 5.74) is 8.61. The number of anilines is 2. The average molecular weight is 475 g/mol. The second kappa shape index (κ2) is 12.2. The predicted molar refractivity (Wildman–Crippen MR) is 151 cm³/mol. The lowest BCUT2D eigenvalue weighted by molar-refractivity contribution is 0.641. The van der Waals surface area contributed by atoms with Gasteiger partial charge < -0.3 is 15.6 Å². The summed E-state index contributed by atoms with van der Waals surface area (Å²) < 4.78 is 0. The first kappa shape index (κ1) is 23.8. The van der Waals surface area contributed by atoms with Crippen LogP contribution < -0.4 is 10.6 Å². The first-order valence-corrected chi connectivity index (χ1v) is 12.9. The fourth-order valence-corrected chi connectivity index (χ4v) is 4.67. The molecule has 36 heavy (non-hydrogen) atoms. The molecule has 0 spiro atoms. The van der Waals surface area contributed by atoms with Crippen molar-refractivity contribution in [2.45, 2.75) is 38.6 Å². The molecule has 4 heteroatoms. The highest BCUT2D eigenvalue weighted by molar-refractivity contribution is 5.83. The lowest BCUT2D eigenvalue weighted by Crippen LogP contribution is -2.16. The van der Waals surface area contributed by atoms with Gasteiger partial charge in [0.05, 0.1) is 5.69 Å². The van der Waals surface area contributed by atoms with E-state index in [1.807, 2.05) is 12.3 Å². The number of nitrogens with zero attached hydrogens (tertiary/aromatic N) is 1. The summed E-state index contributed by atoms with van der Waals surface area (Å²) in [6, 6.07) is 32.1. The molecular weight excluding hydrogens is 440 g/mol. The van der Waals surface area contributed by atoms with Crippen LogP contribution in [0.2, 0.25) is 0 Å². The zero-order valence-corrected chi connectivity index (χ0v) is 20.7. The molecule has 3 N–H and O–H groups in total. The van der Waals surface area contributed by atoms with E-state index < -0.39 is 0 Å². The van der Waals surface area contributed by atoms with Crippen molar-refractivity contribution in [3.8, 4) is 0 Å². The van der Waals surface area contributed by atoms with Crippen molar-refractivity contribution in [2.24, 2.45) is 0 Å². The molecule has 5 aromatic rings. The third-order valence-corrected chi connectivity index (χ3v) is 6.61. The van der Waals surface area contributed by atoms with Gasteiger partial charge >= 0.3 is 0 Å². The first-order valence-electron chi connectivity index (χ1n) is 12.9. The van der Waals surface area contributed by atoms with E-state index in [1.54, 1.807) is 0 Å². The highest BCUT2D eigenvalue weighted by Crippen LogP contribution is 2.21. The summed E-state index contributed by atoms with van der Waals surface area (Å²) in [6.45, 7) is 1.76. The van der Waals surface area contributed by atoms with Crippen molar-refractivity contribution in [3.63, 3.8) is 0 Å². The minimum atomic E-state index is 0.777. The molecule has 0 saturated carbocycles. The van der Waals surface area contributed by atoms with Crippen LogP contribution in [0.5, 0.6) is 0 Å². The van der Waals surface area contributed by atoms with Crippen LogP contribution in [0, 0.1) is 0 Å². The van der Waals surface area contributed by atoms with Gasteiger partial charge in [0.15, 0.2) is 0 Å². The molecule has 0 aliphatic rings. The molecular formula is C32H34N4. The van der Waals surface area contributed by atoms with Gasteiger partial charge in [-0.3, -0.25) is 4.98 Å². The Morgan fingerprint density at radius 3 is 2.36 bits per heavy atom. The van der Waals surface area contributed by atoms with Crippen LogP contribution in [0.3, 0.4) is 0 Å². The zero-order valence-electron chi connectivity index (χ0n) is 20.7. The Hall–Kier alpha value is -3.89. The van der Waals surface area contributed by atoms with Gasteiger partial charge in [-0.15, -0.1) is 0 Å². The van der Waals surface area contributed by atoms with Crippen LogP contribution in [0.25, 0.3) is 10.9 Å². The number of pyridine rings is 1. The van der Waals surface area contributed by atoms with Crippen LogP contribution in [-0.2, 0) is 25.8 Å². The van der Waals surface area contributed by atoms with Gasteiger partial charge in [0, 0.05) is 41.2 Å². The molecule has 0 saturated heterocycles. The van der Waals surface area contributed by atoms with E-state index in [1.165, 1.54) is 27.6 Å². The Balaban J connectivity index is 1.06. The Kier molecular flexibility index (Phi) is 8.07. The van der Waals surface area contributed by atoms with Crippen LogP contribution in [-0.4, -0.2) is 16.5 Å². The van der Waals surface area contributed by atoms with Crippen molar-refractivity contribution in [2.75, 3.05) is 11.9 Å². The topological polar surface area (TPSA) is 52.7 Å². The van der Waals surface area contributed by atoms with Crippen molar-refractivity contribution < 1.29 is 0 Å². The lowest BCUT2D eigenvalue weighted by atomic mass is 10.0. The Morgan fingerprint density at radius 2 is 1.47 bits per heavy atom. The molecule has 0 bridgehead atoms. The molecule has 2 aromatic heterocycles. The van der Waals surface area contributed by atoms with Gasteiger partial charge in [0.25, 0.3) is 0 Å². The van der Waals surface area contributed by atoms with Crippen LogP contribution in [0.1, 0.15) is 35.2 Å². The van der Waals surface area contributed by atoms with E-state index in [-0.39, 0.29) is 0 Å². The van der Waals surface area contributed by atoms with Crippen molar-refractivity contribution in [1.82, 2.24) is 15.3 Å². The minimum Gasteiger partial charge on any atom is -0.361 e. The smallest absolute Gasteiger partial charge is 0.0562 e. The fraction of sp³-hybridized carbons (Fsp3) is 0.219. The molecule has 0 aliphatic carbocycles. The van der Waals surface area contributed by atoms with E-state index in [4.69, 9.17) is 0 Å². The molecule has 0 amide bonds. The highest BCUT2D eigenvalue weighted by atomic mass is 14.9. The second-order valence-corrected chi connectivity index (χ2v) is 9.34. The first-order chi connectivity index (χ1) is 17.8. The maximum Gasteiger partial charge on any atom is 0.0562 e. The van der Waals surface area contributed by atoms with Crippen molar-refractivity contribution in [1.29, 1.82) is 0 Å². The summed E-state index contributed by atoms with van der Waals surface area (Å²) >= 11 is 0. The number of aromatic nitrogens is 2. The number of aromatic amines is 1. The maximum atomic E-state index is 4.52. The molecule has 2 heterocycles. The number of hydrogen-bond donors (Lipinski definition) is 3. The van der Waals surface area contributed by atoms with Gasteiger partial charge in [-0.2, -0.15) is 0 Å². The largest absolute Gasteiger partial charge is 0.361 e. The fourth-order valence-electron chi connectivity index (χ4n) is 4.67. The number of para-hydroxylation sites is 1.